The number of aryl methyl sites for hydroxylation is 1. The summed E-state index contributed by atoms with van der Waals surface area (Å²) in [7, 11) is 2.03. The van der Waals surface area contributed by atoms with Gasteiger partial charge in [0, 0.05) is 56.9 Å². The normalized spacial score (nSPS) is 14.7. The molecule has 0 atom stereocenters. The minimum Gasteiger partial charge on any atom is -0.368 e. The maximum Gasteiger partial charge on any atom is 0.143 e. The number of aromatic nitrogens is 1. The molecule has 0 unspecified atom stereocenters. The van der Waals surface area contributed by atoms with E-state index in [0.717, 1.165) is 50.0 Å². The first-order valence-electron chi connectivity index (χ1n) is 9.74. The van der Waals surface area contributed by atoms with Gasteiger partial charge >= 0.3 is 0 Å². The molecule has 0 N–H and O–H groups in total. The first kappa shape index (κ1) is 19.0. The maximum absolute atomic E-state index is 13.9. The largest absolute Gasteiger partial charge is 0.368 e. The fourth-order valence-electron chi connectivity index (χ4n) is 4.12. The number of anilines is 1. The van der Waals surface area contributed by atoms with Crippen molar-refractivity contribution in [3.63, 3.8) is 0 Å². The van der Waals surface area contributed by atoms with Crippen LogP contribution in [0.4, 0.5) is 10.1 Å². The van der Waals surface area contributed by atoms with E-state index in [1.54, 1.807) is 6.07 Å². The molecular formula is C23H22FN5. The summed E-state index contributed by atoms with van der Waals surface area (Å²) >= 11 is 0. The molecule has 4 rings (SSSR count). The average molecular weight is 387 g/mol. The molecule has 1 aliphatic rings. The number of fused-ring (bicyclic) bond motifs is 1. The zero-order chi connectivity index (χ0) is 20.4. The van der Waals surface area contributed by atoms with Gasteiger partial charge in [-0.1, -0.05) is 6.07 Å². The number of nitrogens with zero attached hydrogens (tertiary/aromatic N) is 5. The second kappa shape index (κ2) is 7.95. The van der Waals surface area contributed by atoms with E-state index in [1.807, 2.05) is 37.4 Å². The van der Waals surface area contributed by atoms with Crippen LogP contribution in [0.25, 0.3) is 10.9 Å². The van der Waals surface area contributed by atoms with Crippen molar-refractivity contribution in [3.8, 4) is 12.1 Å². The number of benzene rings is 2. The van der Waals surface area contributed by atoms with Gasteiger partial charge in [0.2, 0.25) is 0 Å². The van der Waals surface area contributed by atoms with Crippen LogP contribution in [0.2, 0.25) is 0 Å². The first-order valence-corrected chi connectivity index (χ1v) is 9.74. The number of nitriles is 2. The summed E-state index contributed by atoms with van der Waals surface area (Å²) in [6, 6.07) is 14.9. The Morgan fingerprint density at radius 1 is 1.03 bits per heavy atom. The summed E-state index contributed by atoms with van der Waals surface area (Å²) in [4.78, 5) is 4.49. The van der Waals surface area contributed by atoms with Gasteiger partial charge in [-0.25, -0.2) is 4.39 Å². The van der Waals surface area contributed by atoms with Crippen LogP contribution in [-0.4, -0.2) is 42.2 Å². The second-order valence-corrected chi connectivity index (χ2v) is 7.43. The van der Waals surface area contributed by atoms with E-state index in [1.165, 1.54) is 11.6 Å². The van der Waals surface area contributed by atoms with Crippen LogP contribution < -0.4 is 4.90 Å². The molecule has 0 saturated carbocycles. The molecule has 2 heterocycles. The standard InChI is InChI=1S/C23H22FN5/c1-27-16-18(19-13-17(14-25)5-6-22(19)27)7-8-28-9-11-29(12-10-28)23-4-2-3-21(24)20(23)15-26/h2-6,13,16H,7-12H2,1H3. The van der Waals surface area contributed by atoms with E-state index in [0.29, 0.717) is 11.3 Å². The lowest BCUT2D eigenvalue weighted by atomic mass is 10.1. The molecule has 0 bridgehead atoms. The molecule has 1 saturated heterocycles. The van der Waals surface area contributed by atoms with Gasteiger partial charge < -0.3 is 9.47 Å². The van der Waals surface area contributed by atoms with E-state index < -0.39 is 5.82 Å². The SMILES string of the molecule is Cn1cc(CCN2CCN(c3cccc(F)c3C#N)CC2)c2cc(C#N)ccc21. The van der Waals surface area contributed by atoms with Crippen molar-refractivity contribution in [1.29, 1.82) is 10.5 Å². The van der Waals surface area contributed by atoms with Crippen LogP contribution in [0.15, 0.2) is 42.6 Å². The molecule has 0 amide bonds. The van der Waals surface area contributed by atoms with Gasteiger partial charge in [0.1, 0.15) is 17.4 Å². The fraction of sp³-hybridized carbons (Fsp3) is 0.304. The third-order valence-corrected chi connectivity index (χ3v) is 5.71. The van der Waals surface area contributed by atoms with Crippen LogP contribution in [0, 0.1) is 28.5 Å². The summed E-state index contributed by atoms with van der Waals surface area (Å²) in [5, 5.41) is 19.6. The van der Waals surface area contributed by atoms with Crippen molar-refractivity contribution in [2.75, 3.05) is 37.6 Å². The van der Waals surface area contributed by atoms with Crippen LogP contribution in [0.5, 0.6) is 0 Å². The second-order valence-electron chi connectivity index (χ2n) is 7.43. The summed E-state index contributed by atoms with van der Waals surface area (Å²) in [6.45, 7) is 4.21. The summed E-state index contributed by atoms with van der Waals surface area (Å²) in [5.41, 5.74) is 3.88. The zero-order valence-electron chi connectivity index (χ0n) is 16.4. The van der Waals surface area contributed by atoms with Gasteiger partial charge in [-0.2, -0.15) is 10.5 Å². The molecular weight excluding hydrogens is 365 g/mol. The molecule has 2 aromatic carbocycles. The van der Waals surface area contributed by atoms with Crippen molar-refractivity contribution >= 4 is 16.6 Å². The summed E-state index contributed by atoms with van der Waals surface area (Å²) < 4.78 is 16.0. The molecule has 146 valence electrons. The predicted molar refractivity (Wildman–Crippen MR) is 111 cm³/mol. The van der Waals surface area contributed by atoms with Crippen LogP contribution in [0.3, 0.4) is 0 Å². The lowest BCUT2D eigenvalue weighted by Gasteiger charge is -2.36. The van der Waals surface area contributed by atoms with Crippen LogP contribution >= 0.6 is 0 Å². The number of halogens is 1. The third kappa shape index (κ3) is 3.68. The Hall–Kier alpha value is -3.35. The molecule has 1 fully saturated rings. The number of rotatable bonds is 4. The van der Waals surface area contributed by atoms with E-state index in [9.17, 15) is 14.9 Å². The van der Waals surface area contributed by atoms with Crippen molar-refractivity contribution in [1.82, 2.24) is 9.47 Å². The highest BCUT2D eigenvalue weighted by molar-refractivity contribution is 5.85. The molecule has 0 radical (unpaired) electrons. The van der Waals surface area contributed by atoms with E-state index in [2.05, 4.69) is 26.6 Å². The minimum atomic E-state index is -0.458. The van der Waals surface area contributed by atoms with Crippen molar-refractivity contribution in [2.24, 2.45) is 7.05 Å². The lowest BCUT2D eigenvalue weighted by Crippen LogP contribution is -2.47. The Balaban J connectivity index is 1.41. The molecule has 1 aliphatic heterocycles. The molecule has 29 heavy (non-hydrogen) atoms. The molecule has 0 aliphatic carbocycles. The Morgan fingerprint density at radius 2 is 1.83 bits per heavy atom. The highest BCUT2D eigenvalue weighted by Crippen LogP contribution is 2.25. The van der Waals surface area contributed by atoms with E-state index >= 15 is 0 Å². The lowest BCUT2D eigenvalue weighted by molar-refractivity contribution is 0.261. The highest BCUT2D eigenvalue weighted by Gasteiger charge is 2.21. The average Bonchev–Trinajstić information content (AvgIpc) is 3.07. The first-order chi connectivity index (χ1) is 14.1. The van der Waals surface area contributed by atoms with Gasteiger partial charge in [-0.3, -0.25) is 4.90 Å². The Kier molecular flexibility index (Phi) is 5.20. The Labute approximate surface area is 169 Å². The van der Waals surface area contributed by atoms with Crippen molar-refractivity contribution in [3.05, 3.63) is 65.1 Å². The van der Waals surface area contributed by atoms with Gasteiger partial charge in [0.25, 0.3) is 0 Å². The number of hydrogen-bond acceptors (Lipinski definition) is 4. The molecule has 1 aromatic heterocycles. The number of piperazine rings is 1. The van der Waals surface area contributed by atoms with Crippen LogP contribution in [-0.2, 0) is 13.5 Å². The highest BCUT2D eigenvalue weighted by atomic mass is 19.1. The summed E-state index contributed by atoms with van der Waals surface area (Å²) in [6.07, 6.45) is 3.06. The monoisotopic (exact) mass is 387 g/mol. The molecule has 0 spiro atoms. The molecule has 5 nitrogen and oxygen atoms in total. The van der Waals surface area contributed by atoms with E-state index in [4.69, 9.17) is 0 Å². The van der Waals surface area contributed by atoms with E-state index in [-0.39, 0.29) is 5.56 Å². The van der Waals surface area contributed by atoms with Crippen LogP contribution in [0.1, 0.15) is 16.7 Å². The van der Waals surface area contributed by atoms with Gasteiger partial charge in [-0.05, 0) is 42.3 Å². The molecule has 6 heteroatoms. The van der Waals surface area contributed by atoms with Gasteiger partial charge in [-0.15, -0.1) is 0 Å². The van der Waals surface area contributed by atoms with Gasteiger partial charge in [0.15, 0.2) is 0 Å². The third-order valence-electron chi connectivity index (χ3n) is 5.71. The smallest absolute Gasteiger partial charge is 0.143 e. The topological polar surface area (TPSA) is 59.0 Å². The maximum atomic E-state index is 13.9. The minimum absolute atomic E-state index is 0.130. The van der Waals surface area contributed by atoms with Crippen molar-refractivity contribution < 1.29 is 4.39 Å². The van der Waals surface area contributed by atoms with Crippen molar-refractivity contribution in [2.45, 2.75) is 6.42 Å². The Bertz CT molecular complexity index is 1130. The zero-order valence-corrected chi connectivity index (χ0v) is 16.4. The number of hydrogen-bond donors (Lipinski definition) is 0. The Morgan fingerprint density at radius 3 is 2.55 bits per heavy atom. The fourth-order valence-corrected chi connectivity index (χ4v) is 4.12. The van der Waals surface area contributed by atoms with Gasteiger partial charge in [0.05, 0.1) is 17.3 Å². The summed E-state index contributed by atoms with van der Waals surface area (Å²) in [5.74, 6) is -0.458. The predicted octanol–water partition coefficient (Wildman–Crippen LogP) is 3.43. The quantitative estimate of drug-likeness (QED) is 0.688. The molecule has 3 aromatic rings.